The SMILES string of the molecule is Cc1cc(F)cc(C=C(CNC(=O)OCC2c3ccccc3-c3ccccc32)B2OC(C)(C)C(C)(C)O2)c1. The number of hydrogen-bond acceptors (Lipinski definition) is 4. The lowest BCUT2D eigenvalue weighted by atomic mass is 9.77. The van der Waals surface area contributed by atoms with Gasteiger partial charge >= 0.3 is 13.2 Å². The molecule has 0 spiro atoms. The van der Waals surface area contributed by atoms with Crippen LogP contribution < -0.4 is 5.32 Å². The van der Waals surface area contributed by atoms with Gasteiger partial charge < -0.3 is 19.4 Å². The molecule has 196 valence electrons. The molecule has 1 heterocycles. The van der Waals surface area contributed by atoms with Crippen molar-refractivity contribution in [1.82, 2.24) is 5.32 Å². The molecule has 5 nitrogen and oxygen atoms in total. The third-order valence-corrected chi connectivity index (χ3v) is 7.75. The summed E-state index contributed by atoms with van der Waals surface area (Å²) < 4.78 is 32.3. The van der Waals surface area contributed by atoms with E-state index in [4.69, 9.17) is 14.0 Å². The highest BCUT2D eigenvalue weighted by Crippen LogP contribution is 2.44. The molecule has 1 N–H and O–H groups in total. The van der Waals surface area contributed by atoms with Crippen LogP contribution in [0.2, 0.25) is 0 Å². The molecule has 3 aromatic carbocycles. The van der Waals surface area contributed by atoms with Crippen LogP contribution in [0.4, 0.5) is 9.18 Å². The Morgan fingerprint density at radius 1 is 0.974 bits per heavy atom. The topological polar surface area (TPSA) is 56.8 Å². The molecule has 3 aromatic rings. The van der Waals surface area contributed by atoms with Crippen LogP contribution in [0, 0.1) is 12.7 Å². The van der Waals surface area contributed by atoms with E-state index in [1.165, 1.54) is 23.3 Å². The van der Waals surface area contributed by atoms with Crippen molar-refractivity contribution in [1.29, 1.82) is 0 Å². The van der Waals surface area contributed by atoms with Crippen molar-refractivity contribution in [2.24, 2.45) is 0 Å². The van der Waals surface area contributed by atoms with E-state index in [0.717, 1.165) is 16.7 Å². The van der Waals surface area contributed by atoms with Gasteiger partial charge in [0.25, 0.3) is 0 Å². The normalized spacial score (nSPS) is 17.7. The number of halogens is 1. The number of carbonyl (C=O) groups excluding carboxylic acids is 1. The summed E-state index contributed by atoms with van der Waals surface area (Å²) >= 11 is 0. The minimum atomic E-state index is -0.697. The summed E-state index contributed by atoms with van der Waals surface area (Å²) in [6.07, 6.45) is 1.27. The fraction of sp³-hybridized carbons (Fsp3) is 0.323. The van der Waals surface area contributed by atoms with Gasteiger partial charge in [-0.2, -0.15) is 0 Å². The summed E-state index contributed by atoms with van der Waals surface area (Å²) in [5, 5.41) is 2.85. The van der Waals surface area contributed by atoms with E-state index in [1.807, 2.05) is 71.0 Å². The highest BCUT2D eigenvalue weighted by molar-refractivity contribution is 6.56. The Kier molecular flexibility index (Phi) is 6.93. The molecule has 38 heavy (non-hydrogen) atoms. The second kappa shape index (κ2) is 10.0. The lowest BCUT2D eigenvalue weighted by Crippen LogP contribution is -2.41. The lowest BCUT2D eigenvalue weighted by molar-refractivity contribution is 0.00578. The predicted octanol–water partition coefficient (Wildman–Crippen LogP) is 6.69. The van der Waals surface area contributed by atoms with Crippen LogP contribution in [-0.4, -0.2) is 37.6 Å². The number of rotatable bonds is 6. The zero-order chi connectivity index (χ0) is 27.1. The third kappa shape index (κ3) is 5.13. The van der Waals surface area contributed by atoms with Crippen LogP contribution in [0.15, 0.2) is 72.2 Å². The second-order valence-corrected chi connectivity index (χ2v) is 11.0. The maximum absolute atomic E-state index is 14.1. The van der Waals surface area contributed by atoms with E-state index in [0.29, 0.717) is 11.0 Å². The average Bonchev–Trinajstić information content (AvgIpc) is 3.29. The minimum Gasteiger partial charge on any atom is -0.449 e. The third-order valence-electron chi connectivity index (χ3n) is 7.75. The van der Waals surface area contributed by atoms with Gasteiger partial charge in [0, 0.05) is 12.5 Å². The molecule has 1 saturated heterocycles. The summed E-state index contributed by atoms with van der Waals surface area (Å²) in [7, 11) is -0.697. The van der Waals surface area contributed by atoms with Crippen molar-refractivity contribution in [3.05, 3.63) is 100 Å². The van der Waals surface area contributed by atoms with E-state index < -0.39 is 24.4 Å². The van der Waals surface area contributed by atoms with Gasteiger partial charge in [-0.3, -0.25) is 0 Å². The number of aryl methyl sites for hydroxylation is 1. The Morgan fingerprint density at radius 3 is 2.13 bits per heavy atom. The van der Waals surface area contributed by atoms with Gasteiger partial charge in [0.15, 0.2) is 0 Å². The summed E-state index contributed by atoms with van der Waals surface area (Å²) in [6.45, 7) is 10.1. The zero-order valence-electron chi connectivity index (χ0n) is 22.5. The smallest absolute Gasteiger partial charge is 0.449 e. The summed E-state index contributed by atoms with van der Waals surface area (Å²) in [5.41, 5.74) is 5.68. The highest BCUT2D eigenvalue weighted by atomic mass is 19.1. The van der Waals surface area contributed by atoms with Gasteiger partial charge in [-0.05, 0) is 85.6 Å². The molecule has 0 bridgehead atoms. The Hall–Kier alpha value is -3.42. The van der Waals surface area contributed by atoms with E-state index in [2.05, 4.69) is 29.6 Å². The molecule has 1 aliphatic heterocycles. The number of hydrogen-bond donors (Lipinski definition) is 1. The molecular formula is C31H33BFNO4. The van der Waals surface area contributed by atoms with Gasteiger partial charge in [0.05, 0.1) is 11.2 Å². The largest absolute Gasteiger partial charge is 0.492 e. The molecule has 5 rings (SSSR count). The Labute approximate surface area is 224 Å². The van der Waals surface area contributed by atoms with E-state index in [1.54, 1.807) is 0 Å². The van der Waals surface area contributed by atoms with E-state index in [9.17, 15) is 9.18 Å². The van der Waals surface area contributed by atoms with Crippen LogP contribution in [0.3, 0.4) is 0 Å². The van der Waals surface area contributed by atoms with Crippen molar-refractivity contribution in [3.63, 3.8) is 0 Å². The summed E-state index contributed by atoms with van der Waals surface area (Å²) in [4.78, 5) is 12.9. The maximum atomic E-state index is 14.1. The van der Waals surface area contributed by atoms with Crippen molar-refractivity contribution in [3.8, 4) is 11.1 Å². The molecule has 2 aliphatic rings. The first-order valence-corrected chi connectivity index (χ1v) is 13.0. The predicted molar refractivity (Wildman–Crippen MR) is 148 cm³/mol. The average molecular weight is 513 g/mol. The van der Waals surface area contributed by atoms with Crippen molar-refractivity contribution in [2.75, 3.05) is 13.2 Å². The molecule has 0 atom stereocenters. The summed E-state index contributed by atoms with van der Waals surface area (Å²) in [5.74, 6) is -0.351. The highest BCUT2D eigenvalue weighted by Gasteiger charge is 2.52. The standard InChI is InChI=1S/C31H33BFNO4/c1-20-14-21(17-23(33)15-20)16-22(32-37-30(2,3)31(4,5)38-32)18-34-29(35)36-19-28-26-12-8-6-10-24(26)25-11-7-9-13-27(25)28/h6-17,28H,18-19H2,1-5H3,(H,34,35). The maximum Gasteiger partial charge on any atom is 0.492 e. The molecule has 1 aliphatic carbocycles. The molecule has 0 unspecified atom stereocenters. The van der Waals surface area contributed by atoms with Gasteiger partial charge in [0.1, 0.15) is 12.4 Å². The number of alkyl carbamates (subject to hydrolysis) is 1. The van der Waals surface area contributed by atoms with Crippen LogP contribution in [0.1, 0.15) is 55.9 Å². The van der Waals surface area contributed by atoms with E-state index >= 15 is 0 Å². The number of nitrogens with one attached hydrogen (secondary N) is 1. The Balaban J connectivity index is 1.31. The number of ether oxygens (including phenoxy) is 1. The lowest BCUT2D eigenvalue weighted by Gasteiger charge is -2.32. The molecule has 1 amide bonds. The van der Waals surface area contributed by atoms with Crippen LogP contribution in [0.25, 0.3) is 17.2 Å². The molecular weight excluding hydrogens is 480 g/mol. The van der Waals surface area contributed by atoms with Crippen LogP contribution >= 0.6 is 0 Å². The fourth-order valence-corrected chi connectivity index (χ4v) is 5.08. The molecule has 0 radical (unpaired) electrons. The van der Waals surface area contributed by atoms with Gasteiger partial charge in [-0.25, -0.2) is 9.18 Å². The quantitative estimate of drug-likeness (QED) is 0.374. The molecule has 0 aromatic heterocycles. The fourth-order valence-electron chi connectivity index (χ4n) is 5.08. The Morgan fingerprint density at radius 2 is 1.55 bits per heavy atom. The first-order valence-electron chi connectivity index (χ1n) is 13.0. The van der Waals surface area contributed by atoms with Crippen molar-refractivity contribution < 1.29 is 23.2 Å². The van der Waals surface area contributed by atoms with Crippen LogP contribution in [-0.2, 0) is 14.0 Å². The van der Waals surface area contributed by atoms with Crippen LogP contribution in [0.5, 0.6) is 0 Å². The minimum absolute atomic E-state index is 0.0264. The summed E-state index contributed by atoms with van der Waals surface area (Å²) in [6, 6.07) is 21.2. The second-order valence-electron chi connectivity index (χ2n) is 11.0. The number of amides is 1. The van der Waals surface area contributed by atoms with Gasteiger partial charge in [0.2, 0.25) is 0 Å². The number of carbonyl (C=O) groups is 1. The zero-order valence-corrected chi connectivity index (χ0v) is 22.5. The number of fused-ring (bicyclic) bond motifs is 3. The van der Waals surface area contributed by atoms with Crippen molar-refractivity contribution in [2.45, 2.75) is 51.7 Å². The first-order chi connectivity index (χ1) is 18.0. The van der Waals surface area contributed by atoms with Gasteiger partial charge in [-0.15, -0.1) is 0 Å². The van der Waals surface area contributed by atoms with E-state index in [-0.39, 0.29) is 24.9 Å². The molecule has 1 fully saturated rings. The van der Waals surface area contributed by atoms with Crippen molar-refractivity contribution >= 4 is 19.3 Å². The molecule has 7 heteroatoms. The number of benzene rings is 3. The first kappa shape index (κ1) is 26.2. The monoisotopic (exact) mass is 513 g/mol. The molecule has 0 saturated carbocycles. The van der Waals surface area contributed by atoms with Gasteiger partial charge in [-0.1, -0.05) is 60.7 Å². The Bertz CT molecular complexity index is 1320.